The second-order valence-electron chi connectivity index (χ2n) is 11.0. The zero-order chi connectivity index (χ0) is 27.9. The van der Waals surface area contributed by atoms with Gasteiger partial charge >= 0.3 is 0 Å². The van der Waals surface area contributed by atoms with Crippen LogP contribution in [0.25, 0.3) is 87.8 Å². The first-order chi connectivity index (χ1) is 20.6. The van der Waals surface area contributed by atoms with E-state index in [-0.39, 0.29) is 0 Å². The van der Waals surface area contributed by atoms with Gasteiger partial charge in [-0.05, 0) is 55.3 Å². The predicted octanol–water partition coefficient (Wildman–Crippen LogP) is 11.6. The van der Waals surface area contributed by atoms with Crippen molar-refractivity contribution in [2.45, 2.75) is 13.8 Å². The van der Waals surface area contributed by atoms with Crippen LogP contribution in [0.5, 0.6) is 0 Å². The molecule has 4 nitrogen and oxygen atoms in total. The van der Waals surface area contributed by atoms with Crippen LogP contribution in [-0.4, -0.2) is 0 Å². The maximum atomic E-state index is 6.13. The van der Waals surface area contributed by atoms with Gasteiger partial charge in [0.2, 0.25) is 0 Å². The van der Waals surface area contributed by atoms with Gasteiger partial charge in [-0.1, -0.05) is 72.8 Å². The van der Waals surface area contributed by atoms with Crippen molar-refractivity contribution < 1.29 is 17.7 Å². The molecule has 0 aliphatic heterocycles. The van der Waals surface area contributed by atoms with Gasteiger partial charge in [-0.2, -0.15) is 0 Å². The van der Waals surface area contributed by atoms with E-state index >= 15 is 0 Å². The third-order valence-corrected chi connectivity index (χ3v) is 8.37. The summed E-state index contributed by atoms with van der Waals surface area (Å²) in [6.07, 6.45) is 0. The van der Waals surface area contributed by atoms with Crippen LogP contribution in [0.3, 0.4) is 0 Å². The highest BCUT2D eigenvalue weighted by Crippen LogP contribution is 2.41. The van der Waals surface area contributed by atoms with Crippen LogP contribution in [0.15, 0.2) is 127 Å². The molecule has 4 heteroatoms. The van der Waals surface area contributed by atoms with Crippen LogP contribution < -0.4 is 0 Å². The maximum Gasteiger partial charge on any atom is 0.147 e. The number of aryl methyl sites for hydroxylation is 2. The minimum absolute atomic E-state index is 0.875. The highest BCUT2D eigenvalue weighted by molar-refractivity contribution is 6.22. The topological polar surface area (TPSA) is 52.6 Å². The summed E-state index contributed by atoms with van der Waals surface area (Å²) >= 11 is 0. The Morgan fingerprint density at radius 1 is 0.333 bits per heavy atom. The second kappa shape index (κ2) is 8.51. The van der Waals surface area contributed by atoms with Crippen LogP contribution in [0.4, 0.5) is 0 Å². The molecule has 4 aromatic heterocycles. The standard InChI is InChI=1S/2C19H12O2/c1-11-10-14-12-6-2-4-8-15(12)21-19(14)17-13-7-3-5-9-16(13)20-18(11)17;1-11-5-4-7-13-15-9-14-12-6-2-3-8-16(12)20-17(14)10-18(15)21-19(11)13/h2*2-10H,1H3. The third-order valence-electron chi connectivity index (χ3n) is 8.37. The molecule has 0 amide bonds. The lowest BCUT2D eigenvalue weighted by Crippen LogP contribution is -1.75. The number of rotatable bonds is 0. The Bertz CT molecular complexity index is 2660. The van der Waals surface area contributed by atoms with Crippen LogP contribution in [0.2, 0.25) is 0 Å². The normalized spacial score (nSPS) is 12.0. The van der Waals surface area contributed by atoms with Crippen molar-refractivity contribution in [3.63, 3.8) is 0 Å². The van der Waals surface area contributed by atoms with E-state index < -0.39 is 0 Å². The summed E-state index contributed by atoms with van der Waals surface area (Å²) in [6.45, 7) is 4.16. The molecule has 0 unspecified atom stereocenters. The number of benzene rings is 6. The Labute approximate surface area is 239 Å². The lowest BCUT2D eigenvalue weighted by atomic mass is 10.0. The average molecular weight is 545 g/mol. The smallest absolute Gasteiger partial charge is 0.147 e. The second-order valence-corrected chi connectivity index (χ2v) is 11.0. The lowest BCUT2D eigenvalue weighted by molar-refractivity contribution is 0.654. The highest BCUT2D eigenvalue weighted by atomic mass is 16.4. The number of hydrogen-bond donors (Lipinski definition) is 0. The summed E-state index contributed by atoms with van der Waals surface area (Å²) in [6, 6.07) is 37.0. The molecule has 4 heterocycles. The number of para-hydroxylation sites is 4. The Balaban J connectivity index is 0.000000119. The van der Waals surface area contributed by atoms with Crippen molar-refractivity contribution in [2.24, 2.45) is 0 Å². The predicted molar refractivity (Wildman–Crippen MR) is 171 cm³/mol. The largest absolute Gasteiger partial charge is 0.456 e. The quantitative estimate of drug-likeness (QED) is 0.190. The van der Waals surface area contributed by atoms with Gasteiger partial charge in [0.1, 0.15) is 44.7 Å². The summed E-state index contributed by atoms with van der Waals surface area (Å²) < 4.78 is 24.1. The zero-order valence-corrected chi connectivity index (χ0v) is 23.0. The minimum Gasteiger partial charge on any atom is -0.456 e. The Morgan fingerprint density at radius 2 is 0.881 bits per heavy atom. The molecule has 0 saturated carbocycles. The summed E-state index contributed by atoms with van der Waals surface area (Å²) in [5.41, 5.74) is 9.60. The summed E-state index contributed by atoms with van der Waals surface area (Å²) in [5, 5.41) is 9.10. The molecule has 0 aliphatic carbocycles. The van der Waals surface area contributed by atoms with Gasteiger partial charge in [0.05, 0.1) is 5.39 Å². The van der Waals surface area contributed by atoms with Gasteiger partial charge in [0.15, 0.2) is 0 Å². The van der Waals surface area contributed by atoms with Gasteiger partial charge in [-0.3, -0.25) is 0 Å². The fourth-order valence-electron chi connectivity index (χ4n) is 6.38. The molecular weight excluding hydrogens is 520 g/mol. The molecule has 10 rings (SSSR count). The first-order valence-corrected chi connectivity index (χ1v) is 14.1. The van der Waals surface area contributed by atoms with Crippen molar-refractivity contribution in [1.29, 1.82) is 0 Å². The average Bonchev–Trinajstić information content (AvgIpc) is 3.77. The minimum atomic E-state index is 0.875. The summed E-state index contributed by atoms with van der Waals surface area (Å²) in [4.78, 5) is 0. The molecular formula is C38H24O4. The first-order valence-electron chi connectivity index (χ1n) is 14.1. The van der Waals surface area contributed by atoms with E-state index in [1.165, 1.54) is 0 Å². The highest BCUT2D eigenvalue weighted by Gasteiger charge is 2.18. The monoisotopic (exact) mass is 544 g/mol. The van der Waals surface area contributed by atoms with Crippen LogP contribution >= 0.6 is 0 Å². The van der Waals surface area contributed by atoms with Crippen LogP contribution in [0, 0.1) is 13.8 Å². The number of fused-ring (bicyclic) bond motifs is 13. The summed E-state index contributed by atoms with van der Waals surface area (Å²) in [7, 11) is 0. The van der Waals surface area contributed by atoms with Gasteiger partial charge in [0, 0.05) is 43.8 Å². The molecule has 0 saturated heterocycles. The molecule has 200 valence electrons. The van der Waals surface area contributed by atoms with E-state index in [1.54, 1.807) is 0 Å². The molecule has 0 aliphatic rings. The molecule has 0 radical (unpaired) electrons. The van der Waals surface area contributed by atoms with Gasteiger partial charge < -0.3 is 17.7 Å². The zero-order valence-electron chi connectivity index (χ0n) is 23.0. The molecule has 42 heavy (non-hydrogen) atoms. The van der Waals surface area contributed by atoms with Crippen molar-refractivity contribution in [2.75, 3.05) is 0 Å². The molecule has 6 aromatic carbocycles. The summed E-state index contributed by atoms with van der Waals surface area (Å²) in [5.74, 6) is 0. The molecule has 10 aromatic rings. The van der Waals surface area contributed by atoms with Gasteiger partial charge in [0.25, 0.3) is 0 Å². The van der Waals surface area contributed by atoms with Crippen LogP contribution in [-0.2, 0) is 0 Å². The third kappa shape index (κ3) is 3.23. The number of furan rings is 4. The fraction of sp³-hybridized carbons (Fsp3) is 0.0526. The Hall–Kier alpha value is -5.48. The molecule has 0 fully saturated rings. The van der Waals surface area contributed by atoms with Crippen molar-refractivity contribution >= 4 is 87.8 Å². The van der Waals surface area contributed by atoms with Gasteiger partial charge in [-0.25, -0.2) is 0 Å². The molecule has 0 N–H and O–H groups in total. The van der Waals surface area contributed by atoms with Crippen molar-refractivity contribution in [3.8, 4) is 0 Å². The molecule has 0 bridgehead atoms. The van der Waals surface area contributed by atoms with Gasteiger partial charge in [-0.15, -0.1) is 0 Å². The van der Waals surface area contributed by atoms with E-state index in [2.05, 4.69) is 62.4 Å². The van der Waals surface area contributed by atoms with E-state index in [0.717, 1.165) is 98.9 Å². The van der Waals surface area contributed by atoms with Crippen molar-refractivity contribution in [1.82, 2.24) is 0 Å². The Morgan fingerprint density at radius 3 is 1.67 bits per heavy atom. The maximum absolute atomic E-state index is 6.13. The molecule has 0 spiro atoms. The first kappa shape index (κ1) is 23.2. The van der Waals surface area contributed by atoms with E-state index in [4.69, 9.17) is 17.7 Å². The lowest BCUT2D eigenvalue weighted by Gasteiger charge is -1.96. The van der Waals surface area contributed by atoms with E-state index in [9.17, 15) is 0 Å². The van der Waals surface area contributed by atoms with E-state index in [0.29, 0.717) is 0 Å². The fourth-order valence-corrected chi connectivity index (χ4v) is 6.38. The number of hydrogen-bond acceptors (Lipinski definition) is 4. The van der Waals surface area contributed by atoms with Crippen molar-refractivity contribution in [3.05, 3.63) is 120 Å². The van der Waals surface area contributed by atoms with Crippen LogP contribution in [0.1, 0.15) is 11.1 Å². The SMILES string of the molecule is Cc1cc2c3ccccc3oc2c2c1oc1ccccc12.Cc1cccc2c1oc1cc3oc4ccccc4c3cc12. The van der Waals surface area contributed by atoms with E-state index in [1.807, 2.05) is 60.7 Å². The molecule has 0 atom stereocenters. The Kier molecular flexibility index (Phi) is 4.71.